The molecule has 0 bridgehead atoms. The molecule has 0 aromatic heterocycles. The fourth-order valence-electron chi connectivity index (χ4n) is 8.35. The number of carbonyl (C=O) groups excluding carboxylic acids is 2. The summed E-state index contributed by atoms with van der Waals surface area (Å²) in [5, 5.41) is 23.9. The van der Waals surface area contributed by atoms with Gasteiger partial charge in [0.2, 0.25) is 5.91 Å². The lowest BCUT2D eigenvalue weighted by molar-refractivity contribution is -0.151. The number of nitrogens with one attached hydrogen (secondary N) is 1. The molecule has 0 fully saturated rings. The van der Waals surface area contributed by atoms with Gasteiger partial charge in [-0.3, -0.25) is 9.59 Å². The zero-order valence-corrected chi connectivity index (χ0v) is 45.6. The summed E-state index contributed by atoms with van der Waals surface area (Å²) < 4.78 is 5.93. The number of amides is 1. The number of unbranched alkanes of at least 4 members (excludes halogenated alkanes) is 26. The summed E-state index contributed by atoms with van der Waals surface area (Å²) in [6.45, 7) is 6.31. The van der Waals surface area contributed by atoms with Crippen LogP contribution in [-0.4, -0.2) is 46.9 Å². The standard InChI is InChI=1S/C64H109NO5/c1-4-7-10-13-16-19-22-25-28-31-34-37-40-43-46-49-52-55-60(70-64(69)57-54-51-48-45-42-39-36-33-30-27-24-21-18-15-12-9-6-3)58-63(68)65-61(59-66)62(67)56-53-50-47-44-41-38-35-32-29-26-23-20-17-14-11-8-5-2/h9,12,15-16,18-19,21,24-25,27-28,30,33-34,36-37,39,42,60-62,66-67H,4-8,10-11,13-14,17,20,22-23,26,29,31-32,35,38,40-41,43-59H2,1-3H3,(H,65,68)/b12-9-,18-15+,19-16-,24-21+,28-25-,30-27-,36-33+,37-34-,42-39+. The third kappa shape index (κ3) is 50.9. The van der Waals surface area contributed by atoms with Gasteiger partial charge < -0.3 is 20.3 Å². The molecule has 6 heteroatoms. The Kier molecular flexibility index (Phi) is 53.6. The first-order valence-electron chi connectivity index (χ1n) is 29.2. The van der Waals surface area contributed by atoms with E-state index in [4.69, 9.17) is 4.74 Å². The Bertz CT molecular complexity index is 1420. The van der Waals surface area contributed by atoms with Crippen LogP contribution < -0.4 is 5.32 Å². The van der Waals surface area contributed by atoms with E-state index in [1.54, 1.807) is 0 Å². The summed E-state index contributed by atoms with van der Waals surface area (Å²) >= 11 is 0. The maximum atomic E-state index is 13.3. The van der Waals surface area contributed by atoms with Crippen molar-refractivity contribution in [1.29, 1.82) is 0 Å². The van der Waals surface area contributed by atoms with Crippen LogP contribution in [0, 0.1) is 0 Å². The van der Waals surface area contributed by atoms with Crippen molar-refractivity contribution in [2.45, 2.75) is 277 Å². The van der Waals surface area contributed by atoms with Crippen molar-refractivity contribution in [3.63, 3.8) is 0 Å². The Morgan fingerprint density at radius 1 is 0.443 bits per heavy atom. The van der Waals surface area contributed by atoms with Gasteiger partial charge in [0.15, 0.2) is 0 Å². The van der Waals surface area contributed by atoms with Crippen molar-refractivity contribution in [2.75, 3.05) is 6.61 Å². The molecule has 0 saturated heterocycles. The highest BCUT2D eigenvalue weighted by molar-refractivity contribution is 5.77. The topological polar surface area (TPSA) is 95.9 Å². The third-order valence-corrected chi connectivity index (χ3v) is 12.7. The van der Waals surface area contributed by atoms with Gasteiger partial charge in [-0.1, -0.05) is 271 Å². The van der Waals surface area contributed by atoms with E-state index >= 15 is 0 Å². The van der Waals surface area contributed by atoms with Gasteiger partial charge in [-0.05, 0) is 83.5 Å². The van der Waals surface area contributed by atoms with Crippen LogP contribution in [0.3, 0.4) is 0 Å². The van der Waals surface area contributed by atoms with Crippen LogP contribution in [0.2, 0.25) is 0 Å². The Morgan fingerprint density at radius 2 is 0.829 bits per heavy atom. The lowest BCUT2D eigenvalue weighted by Crippen LogP contribution is -2.46. The molecule has 70 heavy (non-hydrogen) atoms. The van der Waals surface area contributed by atoms with Crippen LogP contribution in [0.5, 0.6) is 0 Å². The third-order valence-electron chi connectivity index (χ3n) is 12.7. The SMILES string of the molecule is CC\C=C/C=C/C=C/C=C\C=C\C=C\CCCCCC(=O)OC(CCCCCC/C=C\C/C=C\C/C=C\CCCCC)CC(=O)NC(CO)C(O)CCCCCCCCCCCCCCCCCCC. The molecule has 0 heterocycles. The lowest BCUT2D eigenvalue weighted by Gasteiger charge is -2.24. The number of aliphatic hydroxyl groups is 2. The van der Waals surface area contributed by atoms with E-state index in [9.17, 15) is 19.8 Å². The Morgan fingerprint density at radius 3 is 1.33 bits per heavy atom. The van der Waals surface area contributed by atoms with E-state index in [0.717, 1.165) is 96.3 Å². The van der Waals surface area contributed by atoms with Gasteiger partial charge in [0.1, 0.15) is 6.10 Å². The quantitative estimate of drug-likeness (QED) is 0.0244. The fraction of sp³-hybridized carbons (Fsp3) is 0.688. The van der Waals surface area contributed by atoms with Crippen molar-refractivity contribution in [2.24, 2.45) is 0 Å². The van der Waals surface area contributed by atoms with Crippen LogP contribution >= 0.6 is 0 Å². The van der Waals surface area contributed by atoms with Crippen LogP contribution in [0.4, 0.5) is 0 Å². The van der Waals surface area contributed by atoms with E-state index in [2.05, 4.69) is 86.8 Å². The Balaban J connectivity index is 4.70. The number of rotatable bonds is 51. The van der Waals surface area contributed by atoms with Gasteiger partial charge in [0.05, 0.1) is 25.2 Å². The van der Waals surface area contributed by atoms with Crippen molar-refractivity contribution in [3.05, 3.63) is 109 Å². The molecule has 0 aromatic rings. The summed E-state index contributed by atoms with van der Waals surface area (Å²) in [6, 6.07) is -0.727. The first-order valence-corrected chi connectivity index (χ1v) is 29.2. The Hall–Kier alpha value is -3.48. The second-order valence-electron chi connectivity index (χ2n) is 19.5. The number of carbonyl (C=O) groups is 2. The molecule has 3 atom stereocenters. The van der Waals surface area contributed by atoms with Gasteiger partial charge in [0, 0.05) is 6.42 Å². The number of hydrogen-bond donors (Lipinski definition) is 3. The highest BCUT2D eigenvalue weighted by Crippen LogP contribution is 2.18. The van der Waals surface area contributed by atoms with Crippen molar-refractivity contribution >= 4 is 11.9 Å². The minimum atomic E-state index is -0.811. The molecule has 0 aromatic carbocycles. The van der Waals surface area contributed by atoms with Gasteiger partial charge in [0.25, 0.3) is 0 Å². The van der Waals surface area contributed by atoms with Crippen LogP contribution in [0.15, 0.2) is 109 Å². The average molecular weight is 973 g/mol. The Labute approximate surface area is 432 Å². The van der Waals surface area contributed by atoms with Crippen LogP contribution in [0.1, 0.15) is 258 Å². The number of allylic oxidation sites excluding steroid dienone is 18. The van der Waals surface area contributed by atoms with E-state index in [-0.39, 0.29) is 24.9 Å². The molecular formula is C64H109NO5. The fourth-order valence-corrected chi connectivity index (χ4v) is 8.35. The summed E-state index contributed by atoms with van der Waals surface area (Å²) in [4.78, 5) is 26.3. The molecule has 0 aliphatic carbocycles. The zero-order chi connectivity index (χ0) is 50.9. The minimum Gasteiger partial charge on any atom is -0.462 e. The molecule has 0 rings (SSSR count). The maximum Gasteiger partial charge on any atom is 0.306 e. The molecule has 3 unspecified atom stereocenters. The molecular weight excluding hydrogens is 863 g/mol. The number of esters is 1. The second kappa shape index (κ2) is 56.4. The van der Waals surface area contributed by atoms with Gasteiger partial charge in [-0.2, -0.15) is 0 Å². The minimum absolute atomic E-state index is 0.0382. The average Bonchev–Trinajstić information content (AvgIpc) is 3.35. The first-order chi connectivity index (χ1) is 34.5. The van der Waals surface area contributed by atoms with Crippen LogP contribution in [-0.2, 0) is 14.3 Å². The van der Waals surface area contributed by atoms with Gasteiger partial charge >= 0.3 is 5.97 Å². The number of hydrogen-bond acceptors (Lipinski definition) is 5. The predicted octanol–water partition coefficient (Wildman–Crippen LogP) is 18.2. The van der Waals surface area contributed by atoms with E-state index in [0.29, 0.717) is 19.3 Å². The highest BCUT2D eigenvalue weighted by atomic mass is 16.5. The molecule has 0 saturated carbocycles. The summed E-state index contributed by atoms with van der Waals surface area (Å²) in [5.41, 5.74) is 0. The number of ether oxygens (including phenoxy) is 1. The molecule has 3 N–H and O–H groups in total. The molecule has 0 radical (unpaired) electrons. The summed E-state index contributed by atoms with van der Waals surface area (Å²) in [6.07, 6.45) is 77.2. The zero-order valence-electron chi connectivity index (χ0n) is 45.6. The molecule has 6 nitrogen and oxygen atoms in total. The lowest BCUT2D eigenvalue weighted by atomic mass is 10.0. The maximum absolute atomic E-state index is 13.3. The smallest absolute Gasteiger partial charge is 0.306 e. The molecule has 0 aliphatic rings. The second-order valence-corrected chi connectivity index (χ2v) is 19.5. The van der Waals surface area contributed by atoms with Crippen LogP contribution in [0.25, 0.3) is 0 Å². The van der Waals surface area contributed by atoms with Crippen molar-refractivity contribution in [1.82, 2.24) is 5.32 Å². The van der Waals surface area contributed by atoms with Crippen molar-refractivity contribution in [3.8, 4) is 0 Å². The first kappa shape index (κ1) is 66.5. The molecule has 1 amide bonds. The van der Waals surface area contributed by atoms with Gasteiger partial charge in [-0.25, -0.2) is 0 Å². The van der Waals surface area contributed by atoms with Crippen molar-refractivity contribution < 1.29 is 24.5 Å². The van der Waals surface area contributed by atoms with E-state index in [1.165, 1.54) is 116 Å². The van der Waals surface area contributed by atoms with Gasteiger partial charge in [-0.15, -0.1) is 0 Å². The van der Waals surface area contributed by atoms with E-state index in [1.807, 2.05) is 48.6 Å². The number of aliphatic hydroxyl groups excluding tert-OH is 2. The predicted molar refractivity (Wildman–Crippen MR) is 305 cm³/mol. The monoisotopic (exact) mass is 972 g/mol. The summed E-state index contributed by atoms with van der Waals surface area (Å²) in [5.74, 6) is -0.550. The largest absolute Gasteiger partial charge is 0.462 e. The summed E-state index contributed by atoms with van der Waals surface area (Å²) in [7, 11) is 0. The normalized spacial score (nSPS) is 14.0. The van der Waals surface area contributed by atoms with E-state index < -0.39 is 18.2 Å². The molecule has 0 aliphatic heterocycles. The highest BCUT2D eigenvalue weighted by Gasteiger charge is 2.24. The molecule has 400 valence electrons. The molecule has 0 spiro atoms.